The van der Waals surface area contributed by atoms with Crippen LogP contribution in [0.3, 0.4) is 0 Å². The average Bonchev–Trinajstić information content (AvgIpc) is 2.66. The molecule has 0 spiro atoms. The largest absolute Gasteiger partial charge is 0.369 e. The molecular formula is C11H10ClN3O. The van der Waals surface area contributed by atoms with E-state index in [1.54, 1.807) is 18.3 Å². The molecule has 0 bridgehead atoms. The van der Waals surface area contributed by atoms with Crippen LogP contribution in [0.5, 0.6) is 0 Å². The van der Waals surface area contributed by atoms with E-state index in [1.165, 1.54) is 0 Å². The summed E-state index contributed by atoms with van der Waals surface area (Å²) in [4.78, 5) is 17.9. The van der Waals surface area contributed by atoms with E-state index in [0.717, 1.165) is 5.56 Å². The van der Waals surface area contributed by atoms with Gasteiger partial charge < -0.3 is 10.7 Å². The Morgan fingerprint density at radius 1 is 1.38 bits per heavy atom. The quantitative estimate of drug-likeness (QED) is 0.851. The predicted octanol–water partition coefficient (Wildman–Crippen LogP) is 1.76. The lowest BCUT2D eigenvalue weighted by Crippen LogP contribution is -2.13. The molecule has 0 saturated heterocycles. The van der Waals surface area contributed by atoms with Crippen molar-refractivity contribution in [2.45, 2.75) is 6.42 Å². The molecule has 0 unspecified atom stereocenters. The third kappa shape index (κ3) is 2.41. The van der Waals surface area contributed by atoms with Crippen molar-refractivity contribution < 1.29 is 4.79 Å². The summed E-state index contributed by atoms with van der Waals surface area (Å²) in [5.74, 6) is 0.319. The molecule has 2 aromatic rings. The molecule has 0 atom stereocenters. The molecule has 0 aliphatic carbocycles. The Morgan fingerprint density at radius 3 is 2.69 bits per heavy atom. The standard InChI is InChI=1S/C11H10ClN3O/c12-8-3-1-7(2-4-8)11-14-6-9(15-11)5-10(13)16/h1-4,6H,5H2,(H2,13,16)(H,14,15). The molecule has 82 valence electrons. The molecule has 0 saturated carbocycles. The number of carbonyl (C=O) groups is 1. The highest BCUT2D eigenvalue weighted by molar-refractivity contribution is 6.30. The molecule has 3 N–H and O–H groups in total. The number of nitrogens with two attached hydrogens (primary N) is 1. The lowest BCUT2D eigenvalue weighted by atomic mass is 10.2. The molecule has 1 amide bonds. The van der Waals surface area contributed by atoms with Crippen LogP contribution in [0, 0.1) is 0 Å². The van der Waals surface area contributed by atoms with Gasteiger partial charge in [0.2, 0.25) is 5.91 Å². The minimum absolute atomic E-state index is 0.167. The van der Waals surface area contributed by atoms with Crippen LogP contribution in [0.2, 0.25) is 5.02 Å². The van der Waals surface area contributed by atoms with E-state index in [4.69, 9.17) is 17.3 Å². The third-order valence-corrected chi connectivity index (χ3v) is 2.36. The van der Waals surface area contributed by atoms with Gasteiger partial charge in [-0.2, -0.15) is 0 Å². The molecule has 0 radical (unpaired) electrons. The Hall–Kier alpha value is -1.81. The fraction of sp³-hybridized carbons (Fsp3) is 0.0909. The normalized spacial score (nSPS) is 10.3. The fourth-order valence-corrected chi connectivity index (χ4v) is 1.52. The summed E-state index contributed by atoms with van der Waals surface area (Å²) in [6.07, 6.45) is 1.77. The maximum absolute atomic E-state index is 10.7. The smallest absolute Gasteiger partial charge is 0.223 e. The lowest BCUT2D eigenvalue weighted by Gasteiger charge is -1.96. The molecule has 4 nitrogen and oxygen atoms in total. The molecule has 2 rings (SSSR count). The van der Waals surface area contributed by atoms with Crippen molar-refractivity contribution in [3.05, 3.63) is 41.2 Å². The van der Waals surface area contributed by atoms with E-state index in [0.29, 0.717) is 16.5 Å². The zero-order valence-corrected chi connectivity index (χ0v) is 9.16. The number of aromatic amines is 1. The number of hydrogen-bond donors (Lipinski definition) is 2. The maximum atomic E-state index is 10.7. The first-order chi connectivity index (χ1) is 7.65. The van der Waals surface area contributed by atoms with Crippen molar-refractivity contribution in [1.82, 2.24) is 9.97 Å². The summed E-state index contributed by atoms with van der Waals surface area (Å²) < 4.78 is 0. The van der Waals surface area contributed by atoms with Crippen LogP contribution in [-0.4, -0.2) is 15.9 Å². The van der Waals surface area contributed by atoms with Gasteiger partial charge in [0.05, 0.1) is 6.42 Å². The molecular weight excluding hydrogens is 226 g/mol. The van der Waals surface area contributed by atoms with Crippen molar-refractivity contribution in [3.8, 4) is 11.4 Å². The number of nitrogens with zero attached hydrogens (tertiary/aromatic N) is 1. The van der Waals surface area contributed by atoms with Crippen molar-refractivity contribution in [2.24, 2.45) is 5.73 Å². The number of rotatable bonds is 3. The predicted molar refractivity (Wildman–Crippen MR) is 61.9 cm³/mol. The zero-order valence-electron chi connectivity index (χ0n) is 8.40. The van der Waals surface area contributed by atoms with Gasteiger partial charge in [0.25, 0.3) is 0 Å². The van der Waals surface area contributed by atoms with Gasteiger partial charge in [0.15, 0.2) is 0 Å². The summed E-state index contributed by atoms with van der Waals surface area (Å²) in [7, 11) is 0. The molecule has 0 fully saturated rings. The Balaban J connectivity index is 2.24. The SMILES string of the molecule is NC(=O)Cc1cnc(-c2ccc(Cl)cc2)[nH]1. The number of primary amides is 1. The average molecular weight is 236 g/mol. The van der Waals surface area contributed by atoms with Gasteiger partial charge in [-0.15, -0.1) is 0 Å². The monoisotopic (exact) mass is 235 g/mol. The first kappa shape index (κ1) is 10.7. The first-order valence-corrected chi connectivity index (χ1v) is 5.11. The van der Waals surface area contributed by atoms with E-state index in [1.807, 2.05) is 12.1 Å². The van der Waals surface area contributed by atoms with Crippen LogP contribution in [0.1, 0.15) is 5.69 Å². The number of benzene rings is 1. The minimum atomic E-state index is -0.383. The van der Waals surface area contributed by atoms with Crippen LogP contribution in [-0.2, 0) is 11.2 Å². The van der Waals surface area contributed by atoms with Gasteiger partial charge in [-0.05, 0) is 24.3 Å². The highest BCUT2D eigenvalue weighted by atomic mass is 35.5. The lowest BCUT2D eigenvalue weighted by molar-refractivity contribution is -0.117. The summed E-state index contributed by atoms with van der Waals surface area (Å²) in [5, 5.41) is 0.674. The molecule has 16 heavy (non-hydrogen) atoms. The fourth-order valence-electron chi connectivity index (χ4n) is 1.39. The number of amides is 1. The second-order valence-corrected chi connectivity index (χ2v) is 3.84. The van der Waals surface area contributed by atoms with Crippen molar-refractivity contribution in [1.29, 1.82) is 0 Å². The molecule has 1 aromatic heterocycles. The van der Waals surface area contributed by atoms with Gasteiger partial charge in [0, 0.05) is 22.5 Å². The highest BCUT2D eigenvalue weighted by Crippen LogP contribution is 2.18. The Morgan fingerprint density at radius 2 is 2.06 bits per heavy atom. The number of H-pyrrole nitrogens is 1. The molecule has 1 aromatic carbocycles. The molecule has 0 aliphatic rings. The van der Waals surface area contributed by atoms with Gasteiger partial charge >= 0.3 is 0 Å². The van der Waals surface area contributed by atoms with Crippen LogP contribution < -0.4 is 5.73 Å². The third-order valence-electron chi connectivity index (χ3n) is 2.11. The van der Waals surface area contributed by atoms with Crippen LogP contribution >= 0.6 is 11.6 Å². The van der Waals surface area contributed by atoms with Gasteiger partial charge in [-0.25, -0.2) is 4.98 Å². The second-order valence-electron chi connectivity index (χ2n) is 3.41. The molecule has 1 heterocycles. The zero-order chi connectivity index (χ0) is 11.5. The van der Waals surface area contributed by atoms with E-state index in [2.05, 4.69) is 9.97 Å². The van der Waals surface area contributed by atoms with E-state index >= 15 is 0 Å². The van der Waals surface area contributed by atoms with Gasteiger partial charge in [-0.1, -0.05) is 11.6 Å². The number of carbonyl (C=O) groups excluding carboxylic acids is 1. The number of hydrogen-bond acceptors (Lipinski definition) is 2. The highest BCUT2D eigenvalue weighted by Gasteiger charge is 2.05. The van der Waals surface area contributed by atoms with E-state index < -0.39 is 0 Å². The summed E-state index contributed by atoms with van der Waals surface area (Å²) in [6.45, 7) is 0. The number of aromatic nitrogens is 2. The summed E-state index contributed by atoms with van der Waals surface area (Å²) >= 11 is 5.78. The summed E-state index contributed by atoms with van der Waals surface area (Å²) in [5.41, 5.74) is 6.71. The van der Waals surface area contributed by atoms with E-state index in [9.17, 15) is 4.79 Å². The first-order valence-electron chi connectivity index (χ1n) is 4.73. The van der Waals surface area contributed by atoms with E-state index in [-0.39, 0.29) is 12.3 Å². The maximum Gasteiger partial charge on any atom is 0.223 e. The van der Waals surface area contributed by atoms with Crippen molar-refractivity contribution in [2.75, 3.05) is 0 Å². The van der Waals surface area contributed by atoms with Crippen LogP contribution in [0.15, 0.2) is 30.5 Å². The Bertz CT molecular complexity index is 504. The minimum Gasteiger partial charge on any atom is -0.369 e. The van der Waals surface area contributed by atoms with Crippen LogP contribution in [0.25, 0.3) is 11.4 Å². The number of nitrogens with one attached hydrogen (secondary N) is 1. The summed E-state index contributed by atoms with van der Waals surface area (Å²) in [6, 6.07) is 7.28. The number of imidazole rings is 1. The van der Waals surface area contributed by atoms with Crippen molar-refractivity contribution >= 4 is 17.5 Å². The topological polar surface area (TPSA) is 71.8 Å². The second kappa shape index (κ2) is 4.37. The van der Waals surface area contributed by atoms with Crippen LogP contribution in [0.4, 0.5) is 0 Å². The van der Waals surface area contributed by atoms with Gasteiger partial charge in [0.1, 0.15) is 5.82 Å². The molecule has 0 aliphatic heterocycles. The number of halogens is 1. The molecule has 5 heteroatoms. The Kier molecular flexibility index (Phi) is 2.92. The van der Waals surface area contributed by atoms with Crippen molar-refractivity contribution in [3.63, 3.8) is 0 Å². The Labute approximate surface area is 97.5 Å². The van der Waals surface area contributed by atoms with Gasteiger partial charge in [-0.3, -0.25) is 4.79 Å².